The topological polar surface area (TPSA) is 35.2 Å². The molecule has 0 bridgehead atoms. The molecule has 0 heterocycles. The first-order valence-electron chi connectivity index (χ1n) is 5.70. The van der Waals surface area contributed by atoms with Gasteiger partial charge in [0.1, 0.15) is 0 Å². The van der Waals surface area contributed by atoms with Crippen molar-refractivity contribution in [1.82, 2.24) is 0 Å². The molecule has 0 aliphatic carbocycles. The fourth-order valence-corrected chi connectivity index (χ4v) is 2.22. The van der Waals surface area contributed by atoms with Gasteiger partial charge in [0.25, 0.3) is 6.43 Å². The molecule has 2 N–H and O–H groups in total. The number of hydrogen-bond donors (Lipinski definition) is 1. The summed E-state index contributed by atoms with van der Waals surface area (Å²) < 4.78 is 32.4. The molecule has 1 unspecified atom stereocenters. The fourth-order valence-electron chi connectivity index (χ4n) is 1.74. The van der Waals surface area contributed by atoms with E-state index in [1.54, 1.807) is 20.8 Å². The normalized spacial score (nSPS) is 15.6. The lowest BCUT2D eigenvalue weighted by Crippen LogP contribution is -2.41. The summed E-state index contributed by atoms with van der Waals surface area (Å²) in [6.45, 7) is 6.41. The molecule has 1 aromatic rings. The number of halogens is 4. The number of ether oxygens (including phenoxy) is 1. The van der Waals surface area contributed by atoms with Gasteiger partial charge in [0.05, 0.1) is 21.3 Å². The highest BCUT2D eigenvalue weighted by atomic mass is 35.5. The predicted molar refractivity (Wildman–Crippen MR) is 75.1 cm³/mol. The first-order valence-corrected chi connectivity index (χ1v) is 6.46. The molecule has 1 aromatic carbocycles. The first-order chi connectivity index (χ1) is 8.47. The van der Waals surface area contributed by atoms with Crippen LogP contribution in [0.5, 0.6) is 0 Å². The number of nitrogens with two attached hydrogens (primary N) is 1. The van der Waals surface area contributed by atoms with Crippen LogP contribution in [-0.4, -0.2) is 12.0 Å². The van der Waals surface area contributed by atoms with Gasteiger partial charge >= 0.3 is 0 Å². The van der Waals surface area contributed by atoms with Crippen LogP contribution in [0.25, 0.3) is 0 Å². The van der Waals surface area contributed by atoms with E-state index in [0.29, 0.717) is 0 Å². The summed E-state index contributed by atoms with van der Waals surface area (Å²) in [5, 5.41) is 0.263. The molecule has 0 fully saturated rings. The van der Waals surface area contributed by atoms with E-state index < -0.39 is 17.6 Å². The van der Waals surface area contributed by atoms with Crippen molar-refractivity contribution in [3.63, 3.8) is 0 Å². The zero-order chi connectivity index (χ0) is 15.0. The number of alkyl halides is 2. The number of nitrogen functional groups attached to an aromatic ring is 1. The quantitative estimate of drug-likeness (QED) is 0.808. The molecule has 0 saturated heterocycles. The van der Waals surface area contributed by atoms with Crippen molar-refractivity contribution in [1.29, 1.82) is 0 Å². The first kappa shape index (κ1) is 16.5. The Balaban J connectivity index is 3.35. The van der Waals surface area contributed by atoms with Gasteiger partial charge in [0.15, 0.2) is 5.60 Å². The van der Waals surface area contributed by atoms with Crippen LogP contribution in [0.15, 0.2) is 12.1 Å². The largest absolute Gasteiger partial charge is 0.396 e. The molecule has 1 rings (SSSR count). The van der Waals surface area contributed by atoms with Gasteiger partial charge in [0, 0.05) is 0 Å². The Hall–Kier alpha value is -0.580. The highest BCUT2D eigenvalue weighted by Gasteiger charge is 2.42. The summed E-state index contributed by atoms with van der Waals surface area (Å²) >= 11 is 11.8. The minimum Gasteiger partial charge on any atom is -0.396 e. The molecule has 0 saturated carbocycles. The molecule has 19 heavy (non-hydrogen) atoms. The molecular weight excluding hydrogens is 295 g/mol. The highest BCUT2D eigenvalue weighted by Crippen LogP contribution is 2.40. The molecule has 2 nitrogen and oxygen atoms in total. The molecule has 0 aromatic heterocycles. The Morgan fingerprint density at radius 3 is 1.84 bits per heavy atom. The van der Waals surface area contributed by atoms with E-state index in [9.17, 15) is 8.78 Å². The van der Waals surface area contributed by atoms with E-state index in [2.05, 4.69) is 0 Å². The summed E-state index contributed by atoms with van der Waals surface area (Å²) in [7, 11) is 0. The molecule has 0 aliphatic rings. The van der Waals surface area contributed by atoms with Crippen molar-refractivity contribution in [2.75, 3.05) is 5.73 Å². The van der Waals surface area contributed by atoms with E-state index in [0.717, 1.165) is 0 Å². The molecule has 0 radical (unpaired) electrons. The van der Waals surface area contributed by atoms with Gasteiger partial charge in [-0.25, -0.2) is 8.78 Å². The summed E-state index contributed by atoms with van der Waals surface area (Å²) in [6.07, 6.45) is -2.73. The van der Waals surface area contributed by atoms with Crippen LogP contribution in [-0.2, 0) is 10.3 Å². The van der Waals surface area contributed by atoms with E-state index >= 15 is 0 Å². The van der Waals surface area contributed by atoms with E-state index in [1.165, 1.54) is 19.1 Å². The van der Waals surface area contributed by atoms with Gasteiger partial charge < -0.3 is 10.5 Å². The summed E-state index contributed by atoms with van der Waals surface area (Å²) in [5.74, 6) is 0. The highest BCUT2D eigenvalue weighted by molar-refractivity contribution is 6.38. The van der Waals surface area contributed by atoms with E-state index in [4.69, 9.17) is 33.7 Å². The molecule has 6 heteroatoms. The number of hydrogen-bond acceptors (Lipinski definition) is 2. The lowest BCUT2D eigenvalue weighted by molar-refractivity contribution is -0.193. The minimum atomic E-state index is -2.73. The second-order valence-electron chi connectivity index (χ2n) is 5.48. The summed E-state index contributed by atoms with van der Waals surface area (Å²) in [5.41, 5.74) is 3.42. The third-order valence-electron chi connectivity index (χ3n) is 2.59. The molecular formula is C13H17Cl2F2NO. The molecule has 0 spiro atoms. The van der Waals surface area contributed by atoms with E-state index in [-0.39, 0.29) is 21.3 Å². The fraction of sp³-hybridized carbons (Fsp3) is 0.538. The van der Waals surface area contributed by atoms with E-state index in [1.807, 2.05) is 0 Å². The van der Waals surface area contributed by atoms with Crippen LogP contribution in [0.4, 0.5) is 14.5 Å². The summed E-state index contributed by atoms with van der Waals surface area (Å²) in [6, 6.07) is 2.72. The Morgan fingerprint density at radius 2 is 1.53 bits per heavy atom. The molecule has 108 valence electrons. The van der Waals surface area contributed by atoms with Crippen LogP contribution < -0.4 is 5.73 Å². The second kappa shape index (κ2) is 5.43. The zero-order valence-electron chi connectivity index (χ0n) is 11.2. The Labute approximate surface area is 121 Å². The Bertz CT molecular complexity index is 451. The SMILES string of the molecule is CC(C)(C)OC(C)(c1cc(Cl)c(N)c(Cl)c1)C(F)F. The van der Waals surface area contributed by atoms with Gasteiger partial charge in [-0.1, -0.05) is 23.2 Å². The lowest BCUT2D eigenvalue weighted by atomic mass is 9.94. The molecule has 0 aliphatic heterocycles. The number of anilines is 1. The van der Waals surface area contributed by atoms with Gasteiger partial charge in [0.2, 0.25) is 0 Å². The Morgan fingerprint density at radius 1 is 1.11 bits per heavy atom. The lowest BCUT2D eigenvalue weighted by Gasteiger charge is -2.36. The van der Waals surface area contributed by atoms with Crippen molar-refractivity contribution < 1.29 is 13.5 Å². The number of rotatable bonds is 3. The second-order valence-corrected chi connectivity index (χ2v) is 6.29. The van der Waals surface area contributed by atoms with Gasteiger partial charge in [-0.2, -0.15) is 0 Å². The van der Waals surface area contributed by atoms with Crippen LogP contribution in [0.1, 0.15) is 33.3 Å². The maximum absolute atomic E-state index is 13.4. The molecule has 1 atom stereocenters. The van der Waals surface area contributed by atoms with Crippen LogP contribution in [0.3, 0.4) is 0 Å². The van der Waals surface area contributed by atoms with Crippen molar-refractivity contribution in [3.8, 4) is 0 Å². The third-order valence-corrected chi connectivity index (χ3v) is 3.21. The molecule has 0 amide bonds. The van der Waals surface area contributed by atoms with Crippen molar-refractivity contribution in [2.45, 2.75) is 45.3 Å². The average molecular weight is 312 g/mol. The minimum absolute atomic E-state index is 0.131. The standard InChI is InChI=1S/C13H17Cl2F2NO/c1-12(2,3)19-13(4,11(16)17)7-5-8(14)10(18)9(15)6-7/h5-6,11H,18H2,1-4H3. The maximum Gasteiger partial charge on any atom is 0.270 e. The Kier molecular flexibility index (Phi) is 4.71. The van der Waals surface area contributed by atoms with Crippen molar-refractivity contribution >= 4 is 28.9 Å². The van der Waals surface area contributed by atoms with Crippen LogP contribution in [0, 0.1) is 0 Å². The van der Waals surface area contributed by atoms with Gasteiger partial charge in [-0.05, 0) is 45.4 Å². The van der Waals surface area contributed by atoms with Gasteiger partial charge in [-0.15, -0.1) is 0 Å². The maximum atomic E-state index is 13.4. The third kappa shape index (κ3) is 3.71. The van der Waals surface area contributed by atoms with Crippen molar-refractivity contribution in [2.24, 2.45) is 0 Å². The summed E-state index contributed by atoms with van der Waals surface area (Å²) in [4.78, 5) is 0. The smallest absolute Gasteiger partial charge is 0.270 e. The predicted octanol–water partition coefficient (Wildman–Crippen LogP) is 4.87. The monoisotopic (exact) mass is 311 g/mol. The average Bonchev–Trinajstić information content (AvgIpc) is 2.22. The van der Waals surface area contributed by atoms with Crippen molar-refractivity contribution in [3.05, 3.63) is 27.7 Å². The van der Waals surface area contributed by atoms with Crippen LogP contribution >= 0.6 is 23.2 Å². The zero-order valence-corrected chi connectivity index (χ0v) is 12.7. The van der Waals surface area contributed by atoms with Gasteiger partial charge in [-0.3, -0.25) is 0 Å². The number of benzene rings is 1. The van der Waals surface area contributed by atoms with Crippen LogP contribution in [0.2, 0.25) is 10.0 Å².